The summed E-state index contributed by atoms with van der Waals surface area (Å²) in [5.74, 6) is -2.76. The zero-order valence-electron chi connectivity index (χ0n) is 19.6. The molecule has 0 aliphatic carbocycles. The van der Waals surface area contributed by atoms with Gasteiger partial charge >= 0.3 is 12.1 Å². The van der Waals surface area contributed by atoms with Crippen LogP contribution in [0.1, 0.15) is 18.0 Å². The van der Waals surface area contributed by atoms with E-state index in [4.69, 9.17) is 9.90 Å². The zero-order valence-corrected chi connectivity index (χ0v) is 20.4. The molecule has 1 aromatic carbocycles. The topological polar surface area (TPSA) is 154 Å². The second-order valence-electron chi connectivity index (χ2n) is 7.86. The van der Waals surface area contributed by atoms with Crippen molar-refractivity contribution in [2.24, 2.45) is 0 Å². The number of H-pyrrole nitrogens is 1. The van der Waals surface area contributed by atoms with Gasteiger partial charge < -0.3 is 15.2 Å². The van der Waals surface area contributed by atoms with Gasteiger partial charge in [-0.25, -0.2) is 27.5 Å². The Morgan fingerprint density at radius 2 is 1.92 bits per heavy atom. The number of hydrogen-bond acceptors (Lipinski definition) is 7. The van der Waals surface area contributed by atoms with Crippen LogP contribution in [0.25, 0.3) is 22.3 Å². The van der Waals surface area contributed by atoms with Crippen LogP contribution in [0, 0.1) is 0 Å². The van der Waals surface area contributed by atoms with Gasteiger partial charge in [0.15, 0.2) is 0 Å². The van der Waals surface area contributed by atoms with E-state index in [1.165, 1.54) is 24.7 Å². The van der Waals surface area contributed by atoms with E-state index in [0.717, 1.165) is 27.9 Å². The molecule has 198 valence electrons. The van der Waals surface area contributed by atoms with E-state index in [0.29, 0.717) is 6.42 Å². The van der Waals surface area contributed by atoms with Gasteiger partial charge in [-0.05, 0) is 30.2 Å². The third-order valence-electron chi connectivity index (χ3n) is 5.21. The molecule has 0 amide bonds. The third kappa shape index (κ3) is 6.31. The first-order chi connectivity index (χ1) is 17.4. The molecule has 1 unspecified atom stereocenters. The predicted octanol–water partition coefficient (Wildman–Crippen LogP) is 2.68. The van der Waals surface area contributed by atoms with Crippen LogP contribution >= 0.6 is 0 Å². The van der Waals surface area contributed by atoms with Gasteiger partial charge in [0, 0.05) is 44.0 Å². The molecule has 0 aliphatic heterocycles. The van der Waals surface area contributed by atoms with Crippen LogP contribution in [0.5, 0.6) is 0 Å². The van der Waals surface area contributed by atoms with Gasteiger partial charge in [0.1, 0.15) is 12.0 Å². The van der Waals surface area contributed by atoms with Gasteiger partial charge in [0.05, 0.1) is 22.8 Å². The molecular formula is C22H23F3N6O5S. The number of aliphatic hydroxyl groups is 1. The number of aromatic amines is 1. The lowest BCUT2D eigenvalue weighted by molar-refractivity contribution is -0.192. The Bertz CT molecular complexity index is 1480. The number of halogens is 3. The standard InChI is InChI=1S/C20H22N6O3S.C2HF3O2/c1-25(2)30(28,29)16-5-3-4-14(10-16)18(7-9-27)26-12-15(11-24-26)19-17-6-8-21-20(17)23-13-22-19;3-2(4,5)1(6)7/h3-6,8,10-13,18,27H,7,9H2,1-2H3,(H,21,22,23);(H,6,7). The number of carboxylic acid groups (broad SMARTS) is 1. The number of hydrogen-bond donors (Lipinski definition) is 3. The molecule has 0 aliphatic rings. The number of carbonyl (C=O) groups is 1. The molecule has 0 radical (unpaired) electrons. The van der Waals surface area contributed by atoms with Crippen molar-refractivity contribution in [3.63, 3.8) is 0 Å². The number of alkyl halides is 3. The SMILES string of the molecule is CN(C)S(=O)(=O)c1cccc(C(CCO)n2cc(-c3ncnc4[nH]ccc34)cn2)c1.O=C(O)C(F)(F)F. The highest BCUT2D eigenvalue weighted by Gasteiger charge is 2.38. The Balaban J connectivity index is 0.000000479. The number of benzene rings is 1. The van der Waals surface area contributed by atoms with Gasteiger partial charge in [-0.3, -0.25) is 4.68 Å². The van der Waals surface area contributed by atoms with E-state index in [1.807, 2.05) is 18.3 Å². The summed E-state index contributed by atoms with van der Waals surface area (Å²) < 4.78 is 59.7. The minimum absolute atomic E-state index is 0.0694. The minimum Gasteiger partial charge on any atom is -0.475 e. The van der Waals surface area contributed by atoms with Crippen molar-refractivity contribution >= 4 is 27.0 Å². The van der Waals surface area contributed by atoms with Crippen molar-refractivity contribution < 1.29 is 36.6 Å². The van der Waals surface area contributed by atoms with Crippen LogP contribution in [0.15, 0.2) is 60.1 Å². The Morgan fingerprint density at radius 3 is 2.54 bits per heavy atom. The number of aliphatic carboxylic acids is 1. The largest absolute Gasteiger partial charge is 0.490 e. The summed E-state index contributed by atoms with van der Waals surface area (Å²) in [6, 6.07) is 8.31. The van der Waals surface area contributed by atoms with Gasteiger partial charge in [-0.1, -0.05) is 12.1 Å². The van der Waals surface area contributed by atoms with Crippen LogP contribution in [0.3, 0.4) is 0 Å². The highest BCUT2D eigenvalue weighted by atomic mass is 32.2. The number of carboxylic acids is 1. The second kappa shape index (κ2) is 11.1. The quantitative estimate of drug-likeness (QED) is 0.323. The van der Waals surface area contributed by atoms with Crippen LogP contribution in [-0.2, 0) is 14.8 Å². The van der Waals surface area contributed by atoms with Gasteiger partial charge in [-0.2, -0.15) is 18.3 Å². The number of aliphatic hydroxyl groups excluding tert-OH is 1. The van der Waals surface area contributed by atoms with E-state index >= 15 is 0 Å². The predicted molar refractivity (Wildman–Crippen MR) is 126 cm³/mol. The Morgan fingerprint density at radius 1 is 1.22 bits per heavy atom. The number of rotatable bonds is 7. The maximum absolute atomic E-state index is 12.5. The van der Waals surface area contributed by atoms with Crippen molar-refractivity contribution in [2.45, 2.75) is 23.5 Å². The number of aromatic nitrogens is 5. The normalized spacial score (nSPS) is 12.8. The van der Waals surface area contributed by atoms with Crippen molar-refractivity contribution in [1.82, 2.24) is 29.0 Å². The van der Waals surface area contributed by atoms with Gasteiger partial charge in [0.2, 0.25) is 10.0 Å². The summed E-state index contributed by atoms with van der Waals surface area (Å²) in [6.07, 6.45) is 2.16. The molecule has 0 fully saturated rings. The Hall–Kier alpha value is -3.82. The summed E-state index contributed by atoms with van der Waals surface area (Å²) in [5.41, 5.74) is 3.04. The summed E-state index contributed by atoms with van der Waals surface area (Å²) in [5, 5.41) is 22.1. The summed E-state index contributed by atoms with van der Waals surface area (Å²) in [4.78, 5) is 20.8. The molecule has 4 rings (SSSR count). The summed E-state index contributed by atoms with van der Waals surface area (Å²) in [6.45, 7) is -0.0694. The summed E-state index contributed by atoms with van der Waals surface area (Å²) in [7, 11) is -0.572. The lowest BCUT2D eigenvalue weighted by Crippen LogP contribution is -2.22. The summed E-state index contributed by atoms with van der Waals surface area (Å²) >= 11 is 0. The van der Waals surface area contributed by atoms with E-state index in [1.54, 1.807) is 35.3 Å². The average Bonchev–Trinajstić information content (AvgIpc) is 3.52. The first kappa shape index (κ1) is 27.8. The lowest BCUT2D eigenvalue weighted by atomic mass is 10.0. The maximum Gasteiger partial charge on any atom is 0.490 e. The first-order valence-corrected chi connectivity index (χ1v) is 12.1. The molecule has 0 saturated carbocycles. The molecule has 3 aromatic heterocycles. The number of nitrogens with zero attached hydrogens (tertiary/aromatic N) is 5. The van der Waals surface area contributed by atoms with Crippen molar-refractivity contribution in [1.29, 1.82) is 0 Å². The molecule has 15 heteroatoms. The molecule has 11 nitrogen and oxygen atoms in total. The monoisotopic (exact) mass is 540 g/mol. The average molecular weight is 541 g/mol. The Kier molecular flexibility index (Phi) is 8.30. The van der Waals surface area contributed by atoms with Gasteiger partial charge in [0.25, 0.3) is 0 Å². The molecule has 1 atom stereocenters. The highest BCUT2D eigenvalue weighted by molar-refractivity contribution is 7.89. The maximum atomic E-state index is 12.5. The van der Waals surface area contributed by atoms with E-state index in [9.17, 15) is 26.7 Å². The fourth-order valence-electron chi connectivity index (χ4n) is 3.40. The molecule has 0 bridgehead atoms. The van der Waals surface area contributed by atoms with Crippen molar-refractivity contribution in [3.05, 3.63) is 60.8 Å². The zero-order chi connectivity index (χ0) is 27.4. The van der Waals surface area contributed by atoms with Crippen molar-refractivity contribution in [3.8, 4) is 11.3 Å². The lowest BCUT2D eigenvalue weighted by Gasteiger charge is -2.19. The van der Waals surface area contributed by atoms with Crippen LogP contribution < -0.4 is 0 Å². The van der Waals surface area contributed by atoms with Crippen LogP contribution in [0.4, 0.5) is 13.2 Å². The second-order valence-corrected chi connectivity index (χ2v) is 10.0. The number of sulfonamides is 1. The highest BCUT2D eigenvalue weighted by Crippen LogP contribution is 2.29. The molecule has 4 aromatic rings. The van der Waals surface area contributed by atoms with E-state index in [-0.39, 0.29) is 17.5 Å². The third-order valence-corrected chi connectivity index (χ3v) is 7.03. The van der Waals surface area contributed by atoms with Crippen molar-refractivity contribution in [2.75, 3.05) is 20.7 Å². The molecule has 37 heavy (non-hydrogen) atoms. The molecule has 3 heterocycles. The first-order valence-electron chi connectivity index (χ1n) is 10.6. The smallest absolute Gasteiger partial charge is 0.475 e. The van der Waals surface area contributed by atoms with E-state index < -0.39 is 22.2 Å². The minimum atomic E-state index is -5.08. The Labute approximate surface area is 209 Å². The van der Waals surface area contributed by atoms with Crippen LogP contribution in [0.2, 0.25) is 0 Å². The van der Waals surface area contributed by atoms with Crippen LogP contribution in [-0.4, -0.2) is 80.5 Å². The number of fused-ring (bicyclic) bond motifs is 1. The fourth-order valence-corrected chi connectivity index (χ4v) is 4.36. The molecule has 0 saturated heterocycles. The number of nitrogens with one attached hydrogen (secondary N) is 1. The molecule has 0 spiro atoms. The molecular weight excluding hydrogens is 517 g/mol. The van der Waals surface area contributed by atoms with Gasteiger partial charge in [-0.15, -0.1) is 0 Å². The van der Waals surface area contributed by atoms with E-state index in [2.05, 4.69) is 20.1 Å². The molecule has 3 N–H and O–H groups in total. The fraction of sp³-hybridized carbons (Fsp3) is 0.273.